The zero-order valence-corrected chi connectivity index (χ0v) is 15.2. The maximum Gasteiger partial charge on any atom is 0.335 e. The van der Waals surface area contributed by atoms with Crippen molar-refractivity contribution in [3.05, 3.63) is 23.3 Å². The summed E-state index contributed by atoms with van der Waals surface area (Å²) in [7, 11) is 0. The molecule has 1 aliphatic heterocycles. The Balaban J connectivity index is 2.44. The van der Waals surface area contributed by atoms with Crippen molar-refractivity contribution in [2.75, 3.05) is 0 Å². The van der Waals surface area contributed by atoms with E-state index in [4.69, 9.17) is 14.6 Å². The van der Waals surface area contributed by atoms with Gasteiger partial charge in [-0.25, -0.2) is 4.79 Å². The third-order valence-electron chi connectivity index (χ3n) is 4.42. The number of aromatic hydroxyl groups is 1. The van der Waals surface area contributed by atoms with Crippen molar-refractivity contribution < 1.29 is 39.8 Å². The molecule has 2 rings (SSSR count). The lowest BCUT2D eigenvalue weighted by atomic mass is 9.93. The molecule has 1 heterocycles. The minimum Gasteiger partial charge on any atom is -0.508 e. The maximum absolute atomic E-state index is 11.2. The van der Waals surface area contributed by atoms with Crippen molar-refractivity contribution >= 4 is 5.97 Å². The van der Waals surface area contributed by atoms with Crippen LogP contribution in [-0.4, -0.2) is 62.2 Å². The summed E-state index contributed by atoms with van der Waals surface area (Å²) in [6.45, 7) is 7.57. The van der Waals surface area contributed by atoms with E-state index in [0.717, 1.165) is 0 Å². The maximum atomic E-state index is 11.2. The molecule has 26 heavy (non-hydrogen) atoms. The van der Waals surface area contributed by atoms with Crippen LogP contribution in [0.2, 0.25) is 0 Å². The summed E-state index contributed by atoms with van der Waals surface area (Å²) in [5, 5.41) is 49.0. The molecule has 1 fully saturated rings. The number of ether oxygens (including phenoxy) is 2. The highest BCUT2D eigenvalue weighted by Gasteiger charge is 2.48. The number of aliphatic hydroxyl groups excluding tert-OH is 3. The van der Waals surface area contributed by atoms with Crippen LogP contribution in [-0.2, 0) is 9.53 Å². The Kier molecular flexibility index (Phi) is 6.13. The standard InChI is InChI=1S/C18H26O8/c1-7(2)10-5-9(19)6-11(8(3)4)15(10)25-18-14(22)12(20)13(21)16(26-18)17(23)24/h5-8,12-14,16,18-22H,1-4H3,(H,23,24)/t12-,13-,14-,16?,18+/m0/s1. The summed E-state index contributed by atoms with van der Waals surface area (Å²) in [5.41, 5.74) is 1.30. The molecule has 1 aliphatic rings. The van der Waals surface area contributed by atoms with E-state index in [0.29, 0.717) is 16.9 Å². The first-order chi connectivity index (χ1) is 12.0. The Labute approximate surface area is 151 Å². The summed E-state index contributed by atoms with van der Waals surface area (Å²) in [5.74, 6) is -1.14. The summed E-state index contributed by atoms with van der Waals surface area (Å²) >= 11 is 0. The molecule has 1 aromatic carbocycles. The molecule has 0 spiro atoms. The number of carboxylic acid groups (broad SMARTS) is 1. The molecule has 0 radical (unpaired) electrons. The van der Waals surface area contributed by atoms with Gasteiger partial charge in [0.15, 0.2) is 6.10 Å². The quantitative estimate of drug-likeness (QED) is 0.516. The minimum atomic E-state index is -1.78. The Morgan fingerprint density at radius 3 is 1.92 bits per heavy atom. The van der Waals surface area contributed by atoms with Gasteiger partial charge in [0.05, 0.1) is 0 Å². The fraction of sp³-hybridized carbons (Fsp3) is 0.611. The van der Waals surface area contributed by atoms with Crippen molar-refractivity contribution in [2.45, 2.75) is 70.2 Å². The van der Waals surface area contributed by atoms with Crippen LogP contribution in [0.25, 0.3) is 0 Å². The molecular formula is C18H26O8. The molecule has 8 heteroatoms. The molecular weight excluding hydrogens is 344 g/mol. The molecule has 0 aliphatic carbocycles. The third-order valence-corrected chi connectivity index (χ3v) is 4.42. The lowest BCUT2D eigenvalue weighted by Gasteiger charge is -2.39. The Morgan fingerprint density at radius 1 is 1.00 bits per heavy atom. The molecule has 5 N–H and O–H groups in total. The number of aliphatic carboxylic acids is 1. The average molecular weight is 370 g/mol. The zero-order valence-electron chi connectivity index (χ0n) is 15.2. The molecule has 1 saturated heterocycles. The summed E-state index contributed by atoms with van der Waals surface area (Å²) in [4.78, 5) is 11.2. The third kappa shape index (κ3) is 3.93. The van der Waals surface area contributed by atoms with E-state index in [1.54, 1.807) is 0 Å². The highest BCUT2D eigenvalue weighted by molar-refractivity contribution is 5.73. The molecule has 0 saturated carbocycles. The molecule has 5 atom stereocenters. The van der Waals surface area contributed by atoms with Gasteiger partial charge in [-0.3, -0.25) is 0 Å². The van der Waals surface area contributed by atoms with E-state index in [-0.39, 0.29) is 17.6 Å². The molecule has 0 bridgehead atoms. The lowest BCUT2D eigenvalue weighted by Crippen LogP contribution is -2.61. The van der Waals surface area contributed by atoms with E-state index in [1.807, 2.05) is 27.7 Å². The average Bonchev–Trinajstić information content (AvgIpc) is 2.55. The number of phenols is 1. The largest absolute Gasteiger partial charge is 0.508 e. The SMILES string of the molecule is CC(C)c1cc(O)cc(C(C)C)c1O[C@@H]1OC(C(=O)O)[C@@H](O)[C@H](O)[C@@H]1O. The number of hydrogen-bond acceptors (Lipinski definition) is 7. The predicted octanol–water partition coefficient (Wildman–Crippen LogP) is 0.910. The van der Waals surface area contributed by atoms with Gasteiger partial charge in [-0.1, -0.05) is 27.7 Å². The van der Waals surface area contributed by atoms with Crippen molar-refractivity contribution in [2.24, 2.45) is 0 Å². The molecule has 0 amide bonds. The summed E-state index contributed by atoms with van der Waals surface area (Å²) in [6.07, 6.45) is -8.39. The minimum absolute atomic E-state index is 0.0406. The zero-order chi connectivity index (χ0) is 19.8. The second-order valence-electron chi connectivity index (χ2n) is 7.12. The van der Waals surface area contributed by atoms with Crippen molar-refractivity contribution in [1.29, 1.82) is 0 Å². The van der Waals surface area contributed by atoms with E-state index in [9.17, 15) is 25.2 Å². The molecule has 0 aromatic heterocycles. The van der Waals surface area contributed by atoms with E-state index < -0.39 is 36.7 Å². The molecule has 1 aromatic rings. The van der Waals surface area contributed by atoms with Crippen molar-refractivity contribution in [1.82, 2.24) is 0 Å². The number of carboxylic acids is 1. The van der Waals surface area contributed by atoms with Crippen LogP contribution in [0, 0.1) is 0 Å². The van der Waals surface area contributed by atoms with Gasteiger partial charge in [0, 0.05) is 11.1 Å². The first-order valence-corrected chi connectivity index (χ1v) is 8.50. The Morgan fingerprint density at radius 2 is 1.50 bits per heavy atom. The topological polar surface area (TPSA) is 137 Å². The Hall–Kier alpha value is -1.87. The number of benzene rings is 1. The first kappa shape index (κ1) is 20.4. The van der Waals surface area contributed by atoms with Crippen LogP contribution < -0.4 is 4.74 Å². The van der Waals surface area contributed by atoms with Gasteiger partial charge in [0.25, 0.3) is 0 Å². The number of phenolic OH excluding ortho intramolecular Hbond substituents is 1. The monoisotopic (exact) mass is 370 g/mol. The van der Waals surface area contributed by atoms with Gasteiger partial charge in [-0.05, 0) is 24.0 Å². The summed E-state index contributed by atoms with van der Waals surface area (Å²) < 4.78 is 11.0. The molecule has 1 unspecified atom stereocenters. The van der Waals surface area contributed by atoms with Crippen LogP contribution in [0.5, 0.6) is 11.5 Å². The number of rotatable bonds is 5. The second kappa shape index (κ2) is 7.79. The second-order valence-corrected chi connectivity index (χ2v) is 7.12. The predicted molar refractivity (Wildman–Crippen MR) is 91.2 cm³/mol. The van der Waals surface area contributed by atoms with E-state index in [1.165, 1.54) is 12.1 Å². The molecule has 146 valence electrons. The lowest BCUT2D eigenvalue weighted by molar-refractivity contribution is -0.271. The van der Waals surface area contributed by atoms with Gasteiger partial charge in [-0.2, -0.15) is 0 Å². The van der Waals surface area contributed by atoms with Crippen LogP contribution in [0.4, 0.5) is 0 Å². The number of carbonyl (C=O) groups is 1. The number of hydrogen-bond donors (Lipinski definition) is 5. The van der Waals surface area contributed by atoms with E-state index >= 15 is 0 Å². The normalized spacial score (nSPS) is 29.2. The number of aliphatic hydroxyl groups is 3. The van der Waals surface area contributed by atoms with Crippen LogP contribution >= 0.6 is 0 Å². The molecule has 8 nitrogen and oxygen atoms in total. The van der Waals surface area contributed by atoms with Crippen LogP contribution in [0.15, 0.2) is 12.1 Å². The smallest absolute Gasteiger partial charge is 0.335 e. The van der Waals surface area contributed by atoms with Gasteiger partial charge in [0.2, 0.25) is 6.29 Å². The van der Waals surface area contributed by atoms with Gasteiger partial charge >= 0.3 is 5.97 Å². The summed E-state index contributed by atoms with van der Waals surface area (Å²) in [6, 6.07) is 3.06. The van der Waals surface area contributed by atoms with Crippen molar-refractivity contribution in [3.8, 4) is 11.5 Å². The first-order valence-electron chi connectivity index (χ1n) is 8.50. The van der Waals surface area contributed by atoms with Crippen LogP contribution in [0.1, 0.15) is 50.7 Å². The van der Waals surface area contributed by atoms with Gasteiger partial charge in [0.1, 0.15) is 29.8 Å². The fourth-order valence-corrected chi connectivity index (χ4v) is 2.92. The Bertz CT molecular complexity index is 628. The highest BCUT2D eigenvalue weighted by atomic mass is 16.7. The highest BCUT2D eigenvalue weighted by Crippen LogP contribution is 2.39. The fourth-order valence-electron chi connectivity index (χ4n) is 2.92. The van der Waals surface area contributed by atoms with Crippen LogP contribution in [0.3, 0.4) is 0 Å². The van der Waals surface area contributed by atoms with E-state index in [2.05, 4.69) is 0 Å². The van der Waals surface area contributed by atoms with Gasteiger partial charge in [-0.15, -0.1) is 0 Å². The van der Waals surface area contributed by atoms with Crippen molar-refractivity contribution in [3.63, 3.8) is 0 Å². The van der Waals surface area contributed by atoms with Gasteiger partial charge < -0.3 is 35.0 Å².